The average molecular weight is 310 g/mol. The Morgan fingerprint density at radius 1 is 1.38 bits per heavy atom. The molecular weight excluding hydrogens is 288 g/mol. The van der Waals surface area contributed by atoms with Crippen LogP contribution < -0.4 is 4.90 Å². The van der Waals surface area contributed by atoms with E-state index in [2.05, 4.69) is 0 Å². The van der Waals surface area contributed by atoms with Crippen LogP contribution >= 0.6 is 0 Å². The zero-order chi connectivity index (χ0) is 15.6. The molecule has 5 nitrogen and oxygen atoms in total. The van der Waals surface area contributed by atoms with Crippen molar-refractivity contribution in [1.82, 2.24) is 4.31 Å². The van der Waals surface area contributed by atoms with E-state index in [1.165, 1.54) is 4.31 Å². The Kier molecular flexibility index (Phi) is 4.68. The minimum absolute atomic E-state index is 0.0951. The molecule has 0 bridgehead atoms. The minimum atomic E-state index is -3.39. The Labute approximate surface area is 126 Å². The maximum absolute atomic E-state index is 12.5. The van der Waals surface area contributed by atoms with E-state index in [1.54, 1.807) is 4.90 Å². The van der Waals surface area contributed by atoms with Gasteiger partial charge in [-0.15, -0.1) is 0 Å². The van der Waals surface area contributed by atoms with Crippen LogP contribution in [0.1, 0.15) is 25.8 Å². The van der Waals surface area contributed by atoms with Crippen LogP contribution in [0, 0.1) is 0 Å². The fourth-order valence-electron chi connectivity index (χ4n) is 2.62. The summed E-state index contributed by atoms with van der Waals surface area (Å²) in [7, 11) is -3.39. The standard InChI is InChI=1S/C15H22N2O3S/c1-4-12(2)17(21(3,19)20)11-15(18)16-10-9-13-7-5-6-8-14(13)16/h5-8,12H,4,9-11H2,1-3H3. The Balaban J connectivity index is 2.18. The van der Waals surface area contributed by atoms with Crippen LogP contribution in [0.5, 0.6) is 0 Å². The number of hydrogen-bond donors (Lipinski definition) is 0. The van der Waals surface area contributed by atoms with E-state index in [9.17, 15) is 13.2 Å². The molecule has 0 saturated carbocycles. The molecular formula is C15H22N2O3S. The molecule has 1 amide bonds. The van der Waals surface area contributed by atoms with Gasteiger partial charge in [-0.3, -0.25) is 4.79 Å². The molecule has 2 rings (SSSR count). The van der Waals surface area contributed by atoms with Crippen molar-refractivity contribution in [3.8, 4) is 0 Å². The van der Waals surface area contributed by atoms with Crippen molar-refractivity contribution in [2.75, 3.05) is 24.2 Å². The van der Waals surface area contributed by atoms with E-state index in [0.29, 0.717) is 13.0 Å². The molecule has 1 aliphatic rings. The first kappa shape index (κ1) is 16.0. The first-order valence-corrected chi connectivity index (χ1v) is 9.04. The van der Waals surface area contributed by atoms with Crippen molar-refractivity contribution >= 4 is 21.6 Å². The lowest BCUT2D eigenvalue weighted by atomic mass is 10.2. The van der Waals surface area contributed by atoms with E-state index in [-0.39, 0.29) is 18.5 Å². The van der Waals surface area contributed by atoms with Crippen molar-refractivity contribution in [2.24, 2.45) is 0 Å². The number of carbonyl (C=O) groups excluding carboxylic acids is 1. The molecule has 0 spiro atoms. The number of carbonyl (C=O) groups is 1. The van der Waals surface area contributed by atoms with Gasteiger partial charge in [0.05, 0.1) is 12.8 Å². The highest BCUT2D eigenvalue weighted by atomic mass is 32.2. The molecule has 116 valence electrons. The molecule has 0 fully saturated rings. The summed E-state index contributed by atoms with van der Waals surface area (Å²) in [6.45, 7) is 4.27. The first-order chi connectivity index (χ1) is 9.84. The number of sulfonamides is 1. The maximum atomic E-state index is 12.5. The van der Waals surface area contributed by atoms with Gasteiger partial charge in [0.15, 0.2) is 0 Å². The number of hydrogen-bond acceptors (Lipinski definition) is 3. The Morgan fingerprint density at radius 2 is 2.05 bits per heavy atom. The van der Waals surface area contributed by atoms with Crippen molar-refractivity contribution in [2.45, 2.75) is 32.7 Å². The second-order valence-corrected chi connectivity index (χ2v) is 7.42. The van der Waals surface area contributed by atoms with Gasteiger partial charge in [0.1, 0.15) is 0 Å². The molecule has 0 aliphatic carbocycles. The van der Waals surface area contributed by atoms with Crippen molar-refractivity contribution in [3.05, 3.63) is 29.8 Å². The summed E-state index contributed by atoms with van der Waals surface area (Å²) in [6, 6.07) is 7.59. The smallest absolute Gasteiger partial charge is 0.242 e. The average Bonchev–Trinajstić information content (AvgIpc) is 2.86. The van der Waals surface area contributed by atoms with Gasteiger partial charge < -0.3 is 4.90 Å². The number of benzene rings is 1. The van der Waals surface area contributed by atoms with Crippen LogP contribution in [0.15, 0.2) is 24.3 Å². The topological polar surface area (TPSA) is 57.7 Å². The lowest BCUT2D eigenvalue weighted by molar-refractivity contribution is -0.119. The molecule has 1 heterocycles. The molecule has 1 aromatic rings. The van der Waals surface area contributed by atoms with Crippen LogP contribution in [0.4, 0.5) is 5.69 Å². The second kappa shape index (κ2) is 6.15. The van der Waals surface area contributed by atoms with Gasteiger partial charge in [-0.25, -0.2) is 8.42 Å². The normalized spacial score (nSPS) is 16.1. The van der Waals surface area contributed by atoms with Crippen LogP contribution in [0.25, 0.3) is 0 Å². The second-order valence-electron chi connectivity index (χ2n) is 5.49. The lowest BCUT2D eigenvalue weighted by Crippen LogP contribution is -2.45. The van der Waals surface area contributed by atoms with Crippen LogP contribution in [0.2, 0.25) is 0 Å². The summed E-state index contributed by atoms with van der Waals surface area (Å²) in [5.74, 6) is -0.161. The van der Waals surface area contributed by atoms with Crippen molar-refractivity contribution < 1.29 is 13.2 Å². The van der Waals surface area contributed by atoms with Crippen molar-refractivity contribution in [1.29, 1.82) is 0 Å². The predicted octanol–water partition coefficient (Wildman–Crippen LogP) is 1.64. The lowest BCUT2D eigenvalue weighted by Gasteiger charge is -2.27. The van der Waals surface area contributed by atoms with Gasteiger partial charge in [-0.05, 0) is 31.4 Å². The third-order valence-electron chi connectivity index (χ3n) is 3.99. The number of anilines is 1. The molecule has 1 aliphatic heterocycles. The number of para-hydroxylation sites is 1. The van der Waals surface area contributed by atoms with Gasteiger partial charge in [0, 0.05) is 18.3 Å². The molecule has 6 heteroatoms. The first-order valence-electron chi connectivity index (χ1n) is 7.19. The highest BCUT2D eigenvalue weighted by Crippen LogP contribution is 2.27. The fraction of sp³-hybridized carbons (Fsp3) is 0.533. The summed E-state index contributed by atoms with van der Waals surface area (Å²) in [6.07, 6.45) is 2.66. The minimum Gasteiger partial charge on any atom is -0.311 e. The van der Waals surface area contributed by atoms with Gasteiger partial charge >= 0.3 is 0 Å². The predicted molar refractivity (Wildman–Crippen MR) is 83.8 cm³/mol. The summed E-state index contributed by atoms with van der Waals surface area (Å²) >= 11 is 0. The van der Waals surface area contributed by atoms with Crippen LogP contribution in [-0.4, -0.2) is 44.0 Å². The molecule has 21 heavy (non-hydrogen) atoms. The summed E-state index contributed by atoms with van der Waals surface area (Å²) in [4.78, 5) is 14.2. The van der Waals surface area contributed by atoms with Crippen molar-refractivity contribution in [3.63, 3.8) is 0 Å². The third kappa shape index (κ3) is 3.44. The molecule has 0 N–H and O–H groups in total. The van der Waals surface area contributed by atoms with E-state index >= 15 is 0 Å². The molecule has 1 unspecified atom stereocenters. The highest BCUT2D eigenvalue weighted by Gasteiger charge is 2.30. The van der Waals surface area contributed by atoms with E-state index < -0.39 is 10.0 Å². The van der Waals surface area contributed by atoms with Crippen LogP contribution in [-0.2, 0) is 21.2 Å². The largest absolute Gasteiger partial charge is 0.311 e. The van der Waals surface area contributed by atoms with E-state index in [0.717, 1.165) is 23.9 Å². The highest BCUT2D eigenvalue weighted by molar-refractivity contribution is 7.88. The monoisotopic (exact) mass is 310 g/mol. The summed E-state index contributed by atoms with van der Waals surface area (Å²) in [5.41, 5.74) is 2.04. The number of amides is 1. The summed E-state index contributed by atoms with van der Waals surface area (Å²) < 4.78 is 25.1. The SMILES string of the molecule is CCC(C)N(CC(=O)N1CCc2ccccc21)S(C)(=O)=O. The molecule has 0 radical (unpaired) electrons. The van der Waals surface area contributed by atoms with E-state index in [4.69, 9.17) is 0 Å². The third-order valence-corrected chi connectivity index (χ3v) is 5.33. The fourth-order valence-corrected chi connectivity index (χ4v) is 3.77. The van der Waals surface area contributed by atoms with Gasteiger partial charge in [-0.2, -0.15) is 4.31 Å². The molecule has 0 saturated heterocycles. The van der Waals surface area contributed by atoms with E-state index in [1.807, 2.05) is 38.1 Å². The van der Waals surface area contributed by atoms with Crippen LogP contribution in [0.3, 0.4) is 0 Å². The zero-order valence-corrected chi connectivity index (χ0v) is 13.6. The van der Waals surface area contributed by atoms with Gasteiger partial charge in [0.25, 0.3) is 0 Å². The Bertz CT molecular complexity index is 628. The van der Waals surface area contributed by atoms with Gasteiger partial charge in [0.2, 0.25) is 15.9 Å². The summed E-state index contributed by atoms with van der Waals surface area (Å²) in [5, 5.41) is 0. The number of nitrogens with zero attached hydrogens (tertiary/aromatic N) is 2. The molecule has 1 aromatic carbocycles. The quantitative estimate of drug-likeness (QED) is 0.830. The Morgan fingerprint density at radius 3 is 2.67 bits per heavy atom. The number of rotatable bonds is 5. The molecule has 0 aromatic heterocycles. The van der Waals surface area contributed by atoms with Gasteiger partial charge in [-0.1, -0.05) is 25.1 Å². The molecule has 1 atom stereocenters. The number of fused-ring (bicyclic) bond motifs is 1. The zero-order valence-electron chi connectivity index (χ0n) is 12.7. The Hall–Kier alpha value is -1.40. The maximum Gasteiger partial charge on any atom is 0.242 e.